The molecule has 0 aromatic rings. The van der Waals surface area contributed by atoms with Crippen molar-refractivity contribution in [1.82, 2.24) is 0 Å². The van der Waals surface area contributed by atoms with Crippen molar-refractivity contribution in [3.8, 4) is 0 Å². The molecule has 3 heteroatoms. The van der Waals surface area contributed by atoms with Crippen LogP contribution in [-0.2, 0) is 11.0 Å². The van der Waals surface area contributed by atoms with Crippen LogP contribution in [0.25, 0.3) is 0 Å². The van der Waals surface area contributed by atoms with Crippen LogP contribution < -0.4 is 0 Å². The van der Waals surface area contributed by atoms with Gasteiger partial charge in [0.2, 0.25) is 0 Å². The second-order valence-electron chi connectivity index (χ2n) is 4.19. The lowest BCUT2D eigenvalue weighted by Gasteiger charge is -2.13. The summed E-state index contributed by atoms with van der Waals surface area (Å²) in [6.07, 6.45) is 3.99. The fraction of sp³-hybridized carbons (Fsp3) is 0.900. The predicted octanol–water partition coefficient (Wildman–Crippen LogP) is 2.96. The Morgan fingerprint density at radius 3 is 2.08 bits per heavy atom. The molecule has 0 saturated heterocycles. The molecular weight excluding hydrogens is 182 g/mol. The summed E-state index contributed by atoms with van der Waals surface area (Å²) in [7, 11) is -1.09. The summed E-state index contributed by atoms with van der Waals surface area (Å²) in [6, 6.07) is 0. The third-order valence-electron chi connectivity index (χ3n) is 1.94. The first-order valence-electron chi connectivity index (χ1n) is 4.88. The van der Waals surface area contributed by atoms with E-state index in [9.17, 15) is 4.21 Å². The molecule has 78 valence electrons. The smallest absolute Gasteiger partial charge is 0.144 e. The lowest BCUT2D eigenvalue weighted by molar-refractivity contribution is 0.644. The molecule has 0 aliphatic heterocycles. The van der Waals surface area contributed by atoms with Crippen LogP contribution in [0.3, 0.4) is 0 Å². The maximum Gasteiger partial charge on any atom is 0.144 e. The van der Waals surface area contributed by atoms with Gasteiger partial charge in [-0.1, -0.05) is 13.8 Å². The molecule has 0 rings (SSSR count). The highest BCUT2D eigenvalue weighted by Crippen LogP contribution is 2.13. The number of hydrogen-bond donors (Lipinski definition) is 0. The highest BCUT2D eigenvalue weighted by molar-refractivity contribution is 7.85. The van der Waals surface area contributed by atoms with E-state index in [-0.39, 0.29) is 4.75 Å². The lowest BCUT2D eigenvalue weighted by Crippen LogP contribution is -2.20. The Morgan fingerprint density at radius 1 is 1.31 bits per heavy atom. The Balaban J connectivity index is 4.19. The van der Waals surface area contributed by atoms with Crippen molar-refractivity contribution in [1.29, 1.82) is 0 Å². The van der Waals surface area contributed by atoms with E-state index in [2.05, 4.69) is 18.2 Å². The molecule has 0 saturated carbocycles. The SMILES string of the molecule is CCC(/C=N\[S@@](=O)C(C)(C)C)CC. The van der Waals surface area contributed by atoms with Gasteiger partial charge in [0, 0.05) is 6.21 Å². The third-order valence-corrected chi connectivity index (χ3v) is 3.30. The second kappa shape index (κ2) is 5.53. The van der Waals surface area contributed by atoms with E-state index >= 15 is 0 Å². The van der Waals surface area contributed by atoms with E-state index < -0.39 is 11.0 Å². The molecule has 0 spiro atoms. The summed E-state index contributed by atoms with van der Waals surface area (Å²) in [5.41, 5.74) is 0. The third kappa shape index (κ3) is 5.19. The van der Waals surface area contributed by atoms with Gasteiger partial charge in [-0.3, -0.25) is 0 Å². The molecule has 0 aromatic heterocycles. The summed E-state index contributed by atoms with van der Waals surface area (Å²) in [4.78, 5) is 0. The van der Waals surface area contributed by atoms with Crippen LogP contribution in [0, 0.1) is 5.92 Å². The van der Waals surface area contributed by atoms with Gasteiger partial charge < -0.3 is 0 Å². The summed E-state index contributed by atoms with van der Waals surface area (Å²) in [5.74, 6) is 0.478. The molecule has 0 N–H and O–H groups in total. The zero-order valence-corrected chi connectivity index (χ0v) is 10.1. The van der Waals surface area contributed by atoms with Crippen LogP contribution in [0.5, 0.6) is 0 Å². The van der Waals surface area contributed by atoms with Gasteiger partial charge in [-0.15, -0.1) is 0 Å². The maximum atomic E-state index is 11.5. The minimum Gasteiger partial charge on any atom is -0.234 e. The molecule has 0 heterocycles. The lowest BCUT2D eigenvalue weighted by atomic mass is 10.1. The molecule has 0 bridgehead atoms. The van der Waals surface area contributed by atoms with Crippen LogP contribution in [0.15, 0.2) is 4.40 Å². The van der Waals surface area contributed by atoms with Gasteiger partial charge in [0.1, 0.15) is 11.0 Å². The Labute approximate surface area is 84.4 Å². The fourth-order valence-electron chi connectivity index (χ4n) is 0.799. The molecule has 13 heavy (non-hydrogen) atoms. The summed E-state index contributed by atoms with van der Waals surface area (Å²) in [6.45, 7) is 10.1. The number of nitrogens with zero attached hydrogens (tertiary/aromatic N) is 1. The quantitative estimate of drug-likeness (QED) is 0.646. The van der Waals surface area contributed by atoms with Gasteiger partial charge in [0.05, 0.1) is 4.75 Å². The predicted molar refractivity (Wildman–Crippen MR) is 60.5 cm³/mol. The fourth-order valence-corrected chi connectivity index (χ4v) is 1.40. The monoisotopic (exact) mass is 203 g/mol. The molecule has 0 aromatic carbocycles. The van der Waals surface area contributed by atoms with Crippen LogP contribution in [0.1, 0.15) is 47.5 Å². The standard InChI is InChI=1S/C10H21NOS/c1-6-9(7-2)8-11-13(12)10(3,4)5/h8-9H,6-7H2,1-5H3/b11-8-/t13-/m0/s1. The average molecular weight is 203 g/mol. The highest BCUT2D eigenvalue weighted by Gasteiger charge is 2.18. The van der Waals surface area contributed by atoms with Crippen LogP contribution in [0.2, 0.25) is 0 Å². The van der Waals surface area contributed by atoms with Crippen molar-refractivity contribution in [3.63, 3.8) is 0 Å². The maximum absolute atomic E-state index is 11.5. The zero-order valence-electron chi connectivity index (χ0n) is 9.33. The molecule has 0 fully saturated rings. The topological polar surface area (TPSA) is 29.4 Å². The van der Waals surface area contributed by atoms with Gasteiger partial charge in [-0.05, 0) is 39.5 Å². The summed E-state index contributed by atoms with van der Waals surface area (Å²) >= 11 is 0. The Bertz CT molecular complexity index is 190. The molecule has 0 aliphatic carbocycles. The Morgan fingerprint density at radius 2 is 1.77 bits per heavy atom. The molecule has 0 amide bonds. The van der Waals surface area contributed by atoms with Crippen molar-refractivity contribution < 1.29 is 4.21 Å². The molecule has 0 unspecified atom stereocenters. The normalized spacial score (nSPS) is 15.5. The second-order valence-corrected chi connectivity index (χ2v) is 6.13. The van der Waals surface area contributed by atoms with E-state index in [1.165, 1.54) is 0 Å². The van der Waals surface area contributed by atoms with E-state index in [0.29, 0.717) is 5.92 Å². The van der Waals surface area contributed by atoms with Crippen molar-refractivity contribution in [2.24, 2.45) is 10.3 Å². The van der Waals surface area contributed by atoms with Gasteiger partial charge in [-0.2, -0.15) is 4.40 Å². The van der Waals surface area contributed by atoms with E-state index in [0.717, 1.165) is 12.8 Å². The first-order valence-corrected chi connectivity index (χ1v) is 5.98. The highest BCUT2D eigenvalue weighted by atomic mass is 32.2. The van der Waals surface area contributed by atoms with Crippen molar-refractivity contribution in [2.75, 3.05) is 0 Å². The minimum atomic E-state index is -1.09. The van der Waals surface area contributed by atoms with E-state index in [1.54, 1.807) is 0 Å². The van der Waals surface area contributed by atoms with Crippen molar-refractivity contribution >= 4 is 17.2 Å². The first kappa shape index (κ1) is 12.8. The molecular formula is C10H21NOS. The van der Waals surface area contributed by atoms with Crippen LogP contribution in [-0.4, -0.2) is 15.2 Å². The van der Waals surface area contributed by atoms with E-state index in [1.807, 2.05) is 27.0 Å². The Hall–Kier alpha value is -0.180. The molecule has 0 aliphatic rings. The van der Waals surface area contributed by atoms with Gasteiger partial charge in [0.25, 0.3) is 0 Å². The van der Waals surface area contributed by atoms with Crippen LogP contribution in [0.4, 0.5) is 0 Å². The number of hydrogen-bond acceptors (Lipinski definition) is 1. The van der Waals surface area contributed by atoms with Crippen LogP contribution >= 0.6 is 0 Å². The molecule has 1 atom stereocenters. The minimum absolute atomic E-state index is 0.234. The largest absolute Gasteiger partial charge is 0.234 e. The Kier molecular flexibility index (Phi) is 5.45. The van der Waals surface area contributed by atoms with Gasteiger partial charge in [0.15, 0.2) is 0 Å². The molecule has 0 radical (unpaired) electrons. The van der Waals surface area contributed by atoms with Crippen molar-refractivity contribution in [3.05, 3.63) is 0 Å². The zero-order chi connectivity index (χ0) is 10.5. The summed E-state index contributed by atoms with van der Waals surface area (Å²) in [5, 5.41) is 0. The first-order chi connectivity index (χ1) is 5.91. The van der Waals surface area contributed by atoms with Crippen molar-refractivity contribution in [2.45, 2.75) is 52.2 Å². The molecule has 2 nitrogen and oxygen atoms in total. The average Bonchev–Trinajstić information content (AvgIpc) is 2.04. The van der Waals surface area contributed by atoms with E-state index in [4.69, 9.17) is 0 Å². The number of rotatable bonds is 4. The van der Waals surface area contributed by atoms with Gasteiger partial charge >= 0.3 is 0 Å². The summed E-state index contributed by atoms with van der Waals surface area (Å²) < 4.78 is 15.4. The van der Waals surface area contributed by atoms with Gasteiger partial charge in [-0.25, -0.2) is 4.21 Å².